The molecule has 2 aromatic carbocycles. The van der Waals surface area contributed by atoms with Crippen LogP contribution in [0.3, 0.4) is 0 Å². The predicted octanol–water partition coefficient (Wildman–Crippen LogP) is 4.59. The zero-order chi connectivity index (χ0) is 15.0. The quantitative estimate of drug-likeness (QED) is 0.648. The van der Waals surface area contributed by atoms with E-state index >= 15 is 0 Å². The van der Waals surface area contributed by atoms with E-state index in [0.29, 0.717) is 32.3 Å². The van der Waals surface area contributed by atoms with Crippen molar-refractivity contribution in [1.82, 2.24) is 4.98 Å². The van der Waals surface area contributed by atoms with Crippen molar-refractivity contribution in [3.05, 3.63) is 52.0 Å². The van der Waals surface area contributed by atoms with E-state index in [0.717, 1.165) is 0 Å². The first-order chi connectivity index (χ1) is 10.1. The van der Waals surface area contributed by atoms with E-state index in [4.69, 9.17) is 32.4 Å². The Bertz CT molecular complexity index is 842. The molecule has 21 heavy (non-hydrogen) atoms. The number of ether oxygens (including phenoxy) is 1. The summed E-state index contributed by atoms with van der Waals surface area (Å²) in [4.78, 5) is 16.1. The number of carbonyl (C=O) groups excluding carboxylic acids is 1. The van der Waals surface area contributed by atoms with Crippen LogP contribution in [-0.2, 0) is 4.74 Å². The number of esters is 1. The van der Waals surface area contributed by atoms with Crippen molar-refractivity contribution in [1.29, 1.82) is 0 Å². The van der Waals surface area contributed by atoms with Crippen molar-refractivity contribution < 1.29 is 13.9 Å². The van der Waals surface area contributed by atoms with Gasteiger partial charge in [-0.3, -0.25) is 0 Å². The number of nitrogens with zero attached hydrogens (tertiary/aromatic N) is 1. The number of carbonyl (C=O) groups is 1. The van der Waals surface area contributed by atoms with E-state index in [1.54, 1.807) is 36.4 Å². The molecule has 0 unspecified atom stereocenters. The molecule has 0 spiro atoms. The first kappa shape index (κ1) is 13.9. The minimum absolute atomic E-state index is 0.287. The zero-order valence-corrected chi connectivity index (χ0v) is 12.4. The second-order valence-electron chi connectivity index (χ2n) is 4.29. The van der Waals surface area contributed by atoms with Crippen molar-refractivity contribution >= 4 is 40.3 Å². The number of benzene rings is 2. The first-order valence-electron chi connectivity index (χ1n) is 6.03. The van der Waals surface area contributed by atoms with Gasteiger partial charge in [0.15, 0.2) is 5.58 Å². The van der Waals surface area contributed by atoms with Gasteiger partial charge in [-0.2, -0.15) is 0 Å². The molecule has 6 heteroatoms. The lowest BCUT2D eigenvalue weighted by molar-refractivity contribution is 0.0601. The Kier molecular flexibility index (Phi) is 3.57. The molecular weight excluding hydrogens is 313 g/mol. The summed E-state index contributed by atoms with van der Waals surface area (Å²) in [6.45, 7) is 0. The van der Waals surface area contributed by atoms with E-state index in [1.807, 2.05) is 0 Å². The number of rotatable bonds is 2. The summed E-state index contributed by atoms with van der Waals surface area (Å²) in [6.07, 6.45) is 0. The molecule has 3 aromatic rings. The van der Waals surface area contributed by atoms with Crippen LogP contribution in [0.2, 0.25) is 10.0 Å². The molecule has 0 aliphatic carbocycles. The highest BCUT2D eigenvalue weighted by atomic mass is 35.5. The fraction of sp³-hybridized carbons (Fsp3) is 0.0667. The summed E-state index contributed by atoms with van der Waals surface area (Å²) in [5.41, 5.74) is 1.86. The standard InChI is InChI=1S/C15H9Cl2NO3/c1-20-15(19)10-5-3-2-4-9(10)14-18-12-7-8(16)6-11(17)13(12)21-14/h2-7H,1H3. The first-order valence-corrected chi connectivity index (χ1v) is 6.79. The third kappa shape index (κ3) is 2.48. The molecule has 106 valence electrons. The van der Waals surface area contributed by atoms with Gasteiger partial charge < -0.3 is 9.15 Å². The van der Waals surface area contributed by atoms with Crippen LogP contribution in [0.25, 0.3) is 22.6 Å². The molecule has 0 amide bonds. The van der Waals surface area contributed by atoms with E-state index in [9.17, 15) is 4.79 Å². The number of halogens is 2. The van der Waals surface area contributed by atoms with Crippen LogP contribution in [0.15, 0.2) is 40.8 Å². The Morgan fingerprint density at radius 1 is 1.24 bits per heavy atom. The fourth-order valence-corrected chi connectivity index (χ4v) is 2.55. The van der Waals surface area contributed by atoms with Crippen molar-refractivity contribution in [2.75, 3.05) is 7.11 Å². The minimum atomic E-state index is -0.461. The summed E-state index contributed by atoms with van der Waals surface area (Å²) in [6, 6.07) is 10.1. The summed E-state index contributed by atoms with van der Waals surface area (Å²) >= 11 is 12.0. The predicted molar refractivity (Wildman–Crippen MR) is 80.8 cm³/mol. The van der Waals surface area contributed by atoms with Gasteiger partial charge in [0, 0.05) is 5.02 Å². The SMILES string of the molecule is COC(=O)c1ccccc1-c1nc2cc(Cl)cc(Cl)c2o1. The van der Waals surface area contributed by atoms with Crippen LogP contribution in [0, 0.1) is 0 Å². The monoisotopic (exact) mass is 321 g/mol. The van der Waals surface area contributed by atoms with Gasteiger partial charge in [0.25, 0.3) is 0 Å². The number of methoxy groups -OCH3 is 1. The highest BCUT2D eigenvalue weighted by Gasteiger charge is 2.18. The fourth-order valence-electron chi connectivity index (χ4n) is 2.03. The maximum absolute atomic E-state index is 11.8. The molecule has 0 saturated heterocycles. The van der Waals surface area contributed by atoms with Gasteiger partial charge in [0.05, 0.1) is 23.3 Å². The third-order valence-corrected chi connectivity index (χ3v) is 3.47. The Morgan fingerprint density at radius 3 is 2.76 bits per heavy atom. The Labute approximate surface area is 130 Å². The summed E-state index contributed by atoms with van der Waals surface area (Å²) in [5.74, 6) is -0.174. The second-order valence-corrected chi connectivity index (χ2v) is 5.14. The molecule has 4 nitrogen and oxygen atoms in total. The normalized spacial score (nSPS) is 10.8. The molecular formula is C15H9Cl2NO3. The van der Waals surface area contributed by atoms with E-state index in [-0.39, 0.29) is 5.89 Å². The van der Waals surface area contributed by atoms with Crippen LogP contribution in [0.5, 0.6) is 0 Å². The van der Waals surface area contributed by atoms with Crippen LogP contribution in [0.4, 0.5) is 0 Å². The van der Waals surface area contributed by atoms with Crippen molar-refractivity contribution in [2.45, 2.75) is 0 Å². The Hall–Kier alpha value is -2.04. The highest BCUT2D eigenvalue weighted by Crippen LogP contribution is 2.33. The van der Waals surface area contributed by atoms with Gasteiger partial charge in [-0.05, 0) is 24.3 Å². The van der Waals surface area contributed by atoms with Gasteiger partial charge in [-0.1, -0.05) is 35.3 Å². The van der Waals surface area contributed by atoms with Gasteiger partial charge in [-0.15, -0.1) is 0 Å². The molecule has 0 bridgehead atoms. The van der Waals surface area contributed by atoms with Gasteiger partial charge in [0.2, 0.25) is 5.89 Å². The summed E-state index contributed by atoms with van der Waals surface area (Å²) in [7, 11) is 1.32. The zero-order valence-electron chi connectivity index (χ0n) is 10.9. The molecule has 0 aliphatic rings. The van der Waals surface area contributed by atoms with Gasteiger partial charge in [0.1, 0.15) is 5.52 Å². The second kappa shape index (κ2) is 5.39. The molecule has 0 aliphatic heterocycles. The minimum Gasteiger partial charge on any atom is -0.465 e. The van der Waals surface area contributed by atoms with Crippen LogP contribution in [-0.4, -0.2) is 18.1 Å². The summed E-state index contributed by atoms with van der Waals surface area (Å²) in [5, 5.41) is 0.834. The molecule has 3 rings (SSSR count). The maximum atomic E-state index is 11.8. The largest absolute Gasteiger partial charge is 0.465 e. The molecule has 0 saturated carbocycles. The summed E-state index contributed by atoms with van der Waals surface area (Å²) < 4.78 is 10.4. The van der Waals surface area contributed by atoms with E-state index in [2.05, 4.69) is 4.98 Å². The number of aromatic nitrogens is 1. The van der Waals surface area contributed by atoms with Crippen LogP contribution < -0.4 is 0 Å². The molecule has 0 atom stereocenters. The van der Waals surface area contributed by atoms with Crippen molar-refractivity contribution in [2.24, 2.45) is 0 Å². The number of fused-ring (bicyclic) bond motifs is 1. The van der Waals surface area contributed by atoms with Crippen LogP contribution in [0.1, 0.15) is 10.4 Å². The van der Waals surface area contributed by atoms with Crippen molar-refractivity contribution in [3.8, 4) is 11.5 Å². The Morgan fingerprint density at radius 2 is 2.00 bits per heavy atom. The maximum Gasteiger partial charge on any atom is 0.338 e. The molecule has 1 aromatic heterocycles. The third-order valence-electron chi connectivity index (χ3n) is 2.97. The number of oxazole rings is 1. The molecule has 0 fully saturated rings. The molecule has 1 heterocycles. The lowest BCUT2D eigenvalue weighted by Crippen LogP contribution is -2.03. The van der Waals surface area contributed by atoms with E-state index < -0.39 is 5.97 Å². The lowest BCUT2D eigenvalue weighted by atomic mass is 10.1. The smallest absolute Gasteiger partial charge is 0.338 e. The molecule has 0 N–H and O–H groups in total. The van der Waals surface area contributed by atoms with Gasteiger partial charge in [-0.25, -0.2) is 9.78 Å². The topological polar surface area (TPSA) is 52.3 Å². The molecule has 0 radical (unpaired) electrons. The highest BCUT2D eigenvalue weighted by molar-refractivity contribution is 6.38. The van der Waals surface area contributed by atoms with Crippen molar-refractivity contribution in [3.63, 3.8) is 0 Å². The average Bonchev–Trinajstić information content (AvgIpc) is 2.90. The Balaban J connectivity index is 2.22. The van der Waals surface area contributed by atoms with Crippen LogP contribution >= 0.6 is 23.2 Å². The lowest BCUT2D eigenvalue weighted by Gasteiger charge is -2.03. The number of hydrogen-bond donors (Lipinski definition) is 0. The average molecular weight is 322 g/mol. The van der Waals surface area contributed by atoms with E-state index in [1.165, 1.54) is 7.11 Å². The number of hydrogen-bond acceptors (Lipinski definition) is 4. The van der Waals surface area contributed by atoms with Gasteiger partial charge >= 0.3 is 5.97 Å².